The van der Waals surface area contributed by atoms with Crippen LogP contribution in [0.3, 0.4) is 0 Å². The molecule has 2 aromatic rings. The van der Waals surface area contributed by atoms with Crippen LogP contribution in [0.4, 0.5) is 0 Å². The van der Waals surface area contributed by atoms with Gasteiger partial charge < -0.3 is 5.73 Å². The highest BCUT2D eigenvalue weighted by molar-refractivity contribution is 5.36. The van der Waals surface area contributed by atoms with Crippen LogP contribution in [0.15, 0.2) is 18.6 Å². The number of imidazole rings is 1. The molecule has 88 valence electrons. The summed E-state index contributed by atoms with van der Waals surface area (Å²) in [6.45, 7) is 0.470. The molecule has 0 aromatic carbocycles. The Morgan fingerprint density at radius 2 is 2.18 bits per heavy atom. The van der Waals surface area contributed by atoms with Gasteiger partial charge in [0, 0.05) is 17.8 Å². The van der Waals surface area contributed by atoms with Gasteiger partial charge in [0.2, 0.25) is 0 Å². The molecule has 2 heterocycles. The molecular formula is C12H15N5. The first kappa shape index (κ1) is 10.4. The molecule has 0 unspecified atom stereocenters. The second-order valence-electron chi connectivity index (χ2n) is 4.30. The maximum Gasteiger partial charge on any atom is 0.165 e. The van der Waals surface area contributed by atoms with Crippen molar-refractivity contribution < 1.29 is 0 Å². The van der Waals surface area contributed by atoms with Crippen LogP contribution in [-0.2, 0) is 19.4 Å². The quantitative estimate of drug-likeness (QED) is 0.834. The van der Waals surface area contributed by atoms with Crippen LogP contribution >= 0.6 is 0 Å². The third kappa shape index (κ3) is 1.72. The van der Waals surface area contributed by atoms with Crippen LogP contribution in [0.1, 0.15) is 29.8 Å². The summed E-state index contributed by atoms with van der Waals surface area (Å²) in [5.41, 5.74) is 9.21. The monoisotopic (exact) mass is 229 g/mol. The molecule has 0 bridgehead atoms. The van der Waals surface area contributed by atoms with Gasteiger partial charge in [-0.15, -0.1) is 5.10 Å². The number of nitrogens with zero attached hydrogens (tertiary/aromatic N) is 4. The molecule has 0 fully saturated rings. The minimum absolute atomic E-state index is 0.470. The molecule has 3 rings (SSSR count). The minimum atomic E-state index is 0.470. The Balaban J connectivity index is 2.12. The van der Waals surface area contributed by atoms with Gasteiger partial charge in [-0.1, -0.05) is 0 Å². The molecule has 2 aromatic heterocycles. The molecule has 0 amide bonds. The van der Waals surface area contributed by atoms with Crippen molar-refractivity contribution in [3.8, 4) is 5.82 Å². The molecule has 0 radical (unpaired) electrons. The second kappa shape index (κ2) is 4.25. The van der Waals surface area contributed by atoms with E-state index >= 15 is 0 Å². The summed E-state index contributed by atoms with van der Waals surface area (Å²) in [6, 6.07) is 1.91. The van der Waals surface area contributed by atoms with E-state index in [1.165, 1.54) is 24.2 Å². The molecule has 5 heteroatoms. The van der Waals surface area contributed by atoms with E-state index < -0.39 is 0 Å². The van der Waals surface area contributed by atoms with Gasteiger partial charge in [0.05, 0.1) is 11.9 Å². The zero-order valence-electron chi connectivity index (χ0n) is 9.63. The summed E-state index contributed by atoms with van der Waals surface area (Å²) in [5, 5.41) is 8.14. The smallest absolute Gasteiger partial charge is 0.165 e. The van der Waals surface area contributed by atoms with Crippen molar-refractivity contribution in [2.75, 3.05) is 0 Å². The largest absolute Gasteiger partial charge is 0.326 e. The summed E-state index contributed by atoms with van der Waals surface area (Å²) in [5.74, 6) is 0.825. The van der Waals surface area contributed by atoms with Gasteiger partial charge in [-0.25, -0.2) is 4.98 Å². The molecule has 2 N–H and O–H groups in total. The maximum absolute atomic E-state index is 5.73. The highest BCUT2D eigenvalue weighted by atomic mass is 15.2. The number of nitrogens with two attached hydrogens (primary N) is 1. The Morgan fingerprint density at radius 3 is 3.06 bits per heavy atom. The van der Waals surface area contributed by atoms with Crippen molar-refractivity contribution in [3.05, 3.63) is 35.5 Å². The number of hydrogen-bond donors (Lipinski definition) is 1. The lowest BCUT2D eigenvalue weighted by Crippen LogP contribution is -2.12. The highest BCUT2D eigenvalue weighted by Gasteiger charge is 2.18. The van der Waals surface area contributed by atoms with Crippen molar-refractivity contribution >= 4 is 0 Å². The normalized spacial score (nSPS) is 14.6. The fourth-order valence-corrected chi connectivity index (χ4v) is 2.36. The third-order valence-corrected chi connectivity index (χ3v) is 3.26. The lowest BCUT2D eigenvalue weighted by atomic mass is 10.0. The van der Waals surface area contributed by atoms with Crippen molar-refractivity contribution in [1.82, 2.24) is 19.7 Å². The van der Waals surface area contributed by atoms with Crippen LogP contribution in [0.5, 0.6) is 0 Å². The van der Waals surface area contributed by atoms with Gasteiger partial charge in [0.25, 0.3) is 0 Å². The van der Waals surface area contributed by atoms with E-state index in [4.69, 9.17) is 5.73 Å². The van der Waals surface area contributed by atoms with E-state index in [0.29, 0.717) is 6.54 Å². The zero-order valence-corrected chi connectivity index (χ0v) is 9.63. The summed E-state index contributed by atoms with van der Waals surface area (Å²) in [6.07, 6.45) is 8.11. The maximum atomic E-state index is 5.73. The van der Waals surface area contributed by atoms with Crippen molar-refractivity contribution in [1.29, 1.82) is 0 Å². The first-order valence-corrected chi connectivity index (χ1v) is 5.96. The first-order valence-electron chi connectivity index (χ1n) is 5.96. The molecular weight excluding hydrogens is 214 g/mol. The molecule has 1 aliphatic rings. The summed E-state index contributed by atoms with van der Waals surface area (Å²) < 4.78 is 2.05. The molecule has 5 nitrogen and oxygen atoms in total. The van der Waals surface area contributed by atoms with Gasteiger partial charge in [0.15, 0.2) is 5.82 Å². The molecule has 17 heavy (non-hydrogen) atoms. The standard InChI is InChI=1S/C12H15N5/c13-7-9-5-6-15-16-12(9)17-8-14-10-3-1-2-4-11(10)17/h5-6,8H,1-4,7,13H2. The van der Waals surface area contributed by atoms with Crippen LogP contribution in [-0.4, -0.2) is 19.7 Å². The van der Waals surface area contributed by atoms with Gasteiger partial charge in [-0.3, -0.25) is 4.57 Å². The van der Waals surface area contributed by atoms with Crippen molar-refractivity contribution in [2.24, 2.45) is 5.73 Å². The molecule has 0 saturated heterocycles. The molecule has 0 aliphatic heterocycles. The lowest BCUT2D eigenvalue weighted by molar-refractivity contribution is 0.651. The van der Waals surface area contributed by atoms with Crippen molar-refractivity contribution in [2.45, 2.75) is 32.2 Å². The molecule has 0 atom stereocenters. The average Bonchev–Trinajstić information content (AvgIpc) is 2.82. The summed E-state index contributed by atoms with van der Waals surface area (Å²) in [4.78, 5) is 4.46. The van der Waals surface area contributed by atoms with E-state index in [9.17, 15) is 0 Å². The second-order valence-corrected chi connectivity index (χ2v) is 4.30. The molecule has 1 aliphatic carbocycles. The zero-order chi connectivity index (χ0) is 11.7. The fourth-order valence-electron chi connectivity index (χ4n) is 2.36. The van der Waals surface area contributed by atoms with Crippen LogP contribution in [0.25, 0.3) is 5.82 Å². The average molecular weight is 229 g/mol. The van der Waals surface area contributed by atoms with Gasteiger partial charge in [-0.2, -0.15) is 5.10 Å². The number of fused-ring (bicyclic) bond motifs is 1. The van der Waals surface area contributed by atoms with Gasteiger partial charge in [-0.05, 0) is 31.7 Å². The predicted molar refractivity (Wildman–Crippen MR) is 63.7 cm³/mol. The fraction of sp³-hybridized carbons (Fsp3) is 0.417. The minimum Gasteiger partial charge on any atom is -0.326 e. The summed E-state index contributed by atoms with van der Waals surface area (Å²) >= 11 is 0. The van der Waals surface area contributed by atoms with Crippen molar-refractivity contribution in [3.63, 3.8) is 0 Å². The van der Waals surface area contributed by atoms with E-state index in [2.05, 4.69) is 15.2 Å². The van der Waals surface area contributed by atoms with Crippen LogP contribution < -0.4 is 5.73 Å². The Morgan fingerprint density at radius 1 is 1.29 bits per heavy atom. The van der Waals surface area contributed by atoms with Gasteiger partial charge in [0.1, 0.15) is 6.33 Å². The molecule has 0 spiro atoms. The number of aromatic nitrogens is 4. The SMILES string of the molecule is NCc1ccnnc1-n1cnc2c1CCCC2. The Kier molecular flexibility index (Phi) is 2.60. The lowest BCUT2D eigenvalue weighted by Gasteiger charge is -2.14. The Labute approximate surface area is 99.7 Å². The number of aryl methyl sites for hydroxylation is 1. The molecule has 0 saturated carbocycles. The van der Waals surface area contributed by atoms with E-state index in [1.54, 1.807) is 6.20 Å². The summed E-state index contributed by atoms with van der Waals surface area (Å²) in [7, 11) is 0. The van der Waals surface area contributed by atoms with E-state index in [0.717, 1.165) is 24.2 Å². The van der Waals surface area contributed by atoms with Crippen LogP contribution in [0, 0.1) is 0 Å². The first-order chi connectivity index (χ1) is 8.40. The van der Waals surface area contributed by atoms with Gasteiger partial charge >= 0.3 is 0 Å². The predicted octanol–water partition coefficient (Wildman–Crippen LogP) is 1.000. The topological polar surface area (TPSA) is 69.6 Å². The Hall–Kier alpha value is -1.75. The van der Waals surface area contributed by atoms with E-state index in [-0.39, 0.29) is 0 Å². The van der Waals surface area contributed by atoms with Crippen LogP contribution in [0.2, 0.25) is 0 Å². The Bertz CT molecular complexity index is 531. The number of hydrogen-bond acceptors (Lipinski definition) is 4. The number of rotatable bonds is 2. The third-order valence-electron chi connectivity index (χ3n) is 3.26. The van der Waals surface area contributed by atoms with E-state index in [1.807, 2.05) is 17.0 Å². The highest BCUT2D eigenvalue weighted by Crippen LogP contribution is 2.23.